The molecule has 0 atom stereocenters. The van der Waals surface area contributed by atoms with Gasteiger partial charge in [0.15, 0.2) is 0 Å². The van der Waals surface area contributed by atoms with Gasteiger partial charge in [-0.2, -0.15) is 0 Å². The van der Waals surface area contributed by atoms with Crippen molar-refractivity contribution in [3.05, 3.63) is 48.0 Å². The van der Waals surface area contributed by atoms with Crippen LogP contribution in [0, 0.1) is 0 Å². The van der Waals surface area contributed by atoms with Crippen LogP contribution in [0.5, 0.6) is 0 Å². The number of rotatable bonds is 1. The number of hydrogen-bond donors (Lipinski definition) is 1. The van der Waals surface area contributed by atoms with E-state index in [1.807, 2.05) is 24.3 Å². The average molecular weight is 334 g/mol. The zero-order chi connectivity index (χ0) is 11.8. The molecule has 0 saturated carbocycles. The molecule has 0 spiro atoms. The van der Waals surface area contributed by atoms with E-state index in [0.717, 1.165) is 21.1 Å². The van der Waals surface area contributed by atoms with Gasteiger partial charge in [-0.25, -0.2) is 4.98 Å². The van der Waals surface area contributed by atoms with Crippen LogP contribution in [0.2, 0.25) is 0 Å². The van der Waals surface area contributed by atoms with Crippen LogP contribution in [0.3, 0.4) is 0 Å². The summed E-state index contributed by atoms with van der Waals surface area (Å²) in [5.41, 5.74) is 9.94. The van der Waals surface area contributed by atoms with Crippen LogP contribution in [0.25, 0.3) is 21.8 Å². The molecule has 2 aromatic carbocycles. The summed E-state index contributed by atoms with van der Waals surface area (Å²) < 4.78 is 0.973. The monoisotopic (exact) mass is 334 g/mol. The van der Waals surface area contributed by atoms with Crippen molar-refractivity contribution in [3.63, 3.8) is 0 Å². The van der Waals surface area contributed by atoms with Crippen molar-refractivity contribution in [2.24, 2.45) is 0 Å². The summed E-state index contributed by atoms with van der Waals surface area (Å²) >= 11 is 2.40. The number of fused-ring (bicyclic) bond motifs is 2. The number of para-hydroxylation sites is 1. The van der Waals surface area contributed by atoms with Crippen LogP contribution < -0.4 is 5.73 Å². The highest BCUT2D eigenvalue weighted by atomic mass is 127. The topological polar surface area (TPSA) is 38.9 Å². The Morgan fingerprint density at radius 1 is 1.00 bits per heavy atom. The van der Waals surface area contributed by atoms with Crippen LogP contribution in [-0.4, -0.2) is 4.98 Å². The smallest absolute Gasteiger partial charge is 0.0733 e. The number of nitrogens with zero attached hydrogens (tertiary/aromatic N) is 1. The van der Waals surface area contributed by atoms with Gasteiger partial charge >= 0.3 is 0 Å². The lowest BCUT2D eigenvalue weighted by Crippen LogP contribution is -1.91. The van der Waals surface area contributed by atoms with Gasteiger partial charge in [-0.15, -0.1) is 0 Å². The van der Waals surface area contributed by atoms with Gasteiger partial charge in [0.05, 0.1) is 11.0 Å². The summed E-state index contributed by atoms with van der Waals surface area (Å²) in [7, 11) is 0. The van der Waals surface area contributed by atoms with Crippen molar-refractivity contribution >= 4 is 50.1 Å². The Balaban J connectivity index is 2.53. The molecule has 3 rings (SSSR count). The number of halogens is 1. The Kier molecular flexibility index (Phi) is 2.63. The third kappa shape index (κ3) is 1.74. The first-order valence-electron chi connectivity index (χ1n) is 5.42. The Bertz CT molecular complexity index is 707. The minimum atomic E-state index is 0.764. The summed E-state index contributed by atoms with van der Waals surface area (Å²) in [5, 5.41) is 2.44. The molecular formula is C14H11IN2. The Morgan fingerprint density at radius 2 is 1.76 bits per heavy atom. The van der Waals surface area contributed by atoms with E-state index in [0.29, 0.717) is 0 Å². The molecule has 3 heteroatoms. The molecule has 0 radical (unpaired) electrons. The fourth-order valence-electron chi connectivity index (χ4n) is 2.14. The highest BCUT2D eigenvalue weighted by Gasteiger charge is 2.07. The lowest BCUT2D eigenvalue weighted by atomic mass is 10.0. The van der Waals surface area contributed by atoms with Gasteiger partial charge in [-0.05, 0) is 23.8 Å². The number of hydrogen-bond acceptors (Lipinski definition) is 2. The van der Waals surface area contributed by atoms with E-state index in [4.69, 9.17) is 5.73 Å². The molecule has 0 aliphatic heterocycles. The summed E-state index contributed by atoms with van der Waals surface area (Å²) in [6, 6.07) is 14.2. The second kappa shape index (κ2) is 4.14. The Hall–Kier alpha value is -1.36. The zero-order valence-corrected chi connectivity index (χ0v) is 11.3. The third-order valence-corrected chi connectivity index (χ3v) is 3.71. The molecule has 2 N–H and O–H groups in total. The fraction of sp³-hybridized carbons (Fsp3) is 0.0714. The molecule has 0 amide bonds. The van der Waals surface area contributed by atoms with E-state index in [2.05, 4.69) is 45.8 Å². The molecule has 0 saturated heterocycles. The van der Waals surface area contributed by atoms with Crippen molar-refractivity contribution in [2.45, 2.75) is 4.43 Å². The third-order valence-electron chi connectivity index (χ3n) is 2.95. The first-order chi connectivity index (χ1) is 8.29. The quantitative estimate of drug-likeness (QED) is 0.317. The van der Waals surface area contributed by atoms with Gasteiger partial charge < -0.3 is 5.73 Å². The second-order valence-electron chi connectivity index (χ2n) is 4.02. The van der Waals surface area contributed by atoms with Gasteiger partial charge in [0, 0.05) is 20.9 Å². The standard InChI is InChI=1S/C14H11IN2/c15-8-12-10-3-1-2-4-13(10)17-14-7-9(16)5-6-11(12)14/h1-7H,8,16H2. The SMILES string of the molecule is Nc1ccc2c(CI)c3ccccc3nc2c1. The van der Waals surface area contributed by atoms with Gasteiger partial charge in [-0.3, -0.25) is 0 Å². The molecule has 0 aliphatic carbocycles. The average Bonchev–Trinajstić information content (AvgIpc) is 2.35. The van der Waals surface area contributed by atoms with Crippen LogP contribution >= 0.6 is 22.6 Å². The number of anilines is 1. The van der Waals surface area contributed by atoms with Crippen molar-refractivity contribution in [1.82, 2.24) is 4.98 Å². The van der Waals surface area contributed by atoms with Crippen molar-refractivity contribution in [2.75, 3.05) is 5.73 Å². The molecule has 2 nitrogen and oxygen atoms in total. The van der Waals surface area contributed by atoms with Gasteiger partial charge in [0.25, 0.3) is 0 Å². The predicted octanol–water partition coefficient (Wildman–Crippen LogP) is 3.91. The molecule has 0 fully saturated rings. The van der Waals surface area contributed by atoms with Crippen molar-refractivity contribution < 1.29 is 0 Å². The number of nitrogens with two attached hydrogens (primary N) is 1. The molecule has 17 heavy (non-hydrogen) atoms. The molecular weight excluding hydrogens is 323 g/mol. The minimum Gasteiger partial charge on any atom is -0.399 e. The first-order valence-corrected chi connectivity index (χ1v) is 6.95. The summed E-state index contributed by atoms with van der Waals surface area (Å²) in [6.45, 7) is 0. The molecule has 3 aromatic rings. The van der Waals surface area contributed by atoms with Gasteiger partial charge in [0.2, 0.25) is 0 Å². The zero-order valence-electron chi connectivity index (χ0n) is 9.15. The van der Waals surface area contributed by atoms with E-state index in [-0.39, 0.29) is 0 Å². The first kappa shape index (κ1) is 10.8. The number of pyridine rings is 1. The maximum absolute atomic E-state index is 5.82. The Morgan fingerprint density at radius 3 is 2.59 bits per heavy atom. The van der Waals surface area contributed by atoms with Crippen LogP contribution in [0.15, 0.2) is 42.5 Å². The van der Waals surface area contributed by atoms with E-state index < -0.39 is 0 Å². The highest BCUT2D eigenvalue weighted by molar-refractivity contribution is 14.1. The van der Waals surface area contributed by atoms with Crippen LogP contribution in [0.4, 0.5) is 5.69 Å². The second-order valence-corrected chi connectivity index (χ2v) is 4.78. The normalized spacial score (nSPS) is 11.1. The Labute approximate surface area is 113 Å². The molecule has 0 bridgehead atoms. The summed E-state index contributed by atoms with van der Waals surface area (Å²) in [6.07, 6.45) is 0. The van der Waals surface area contributed by atoms with Crippen LogP contribution in [0.1, 0.15) is 5.56 Å². The highest BCUT2D eigenvalue weighted by Crippen LogP contribution is 2.28. The number of alkyl halides is 1. The molecule has 84 valence electrons. The number of benzene rings is 2. The van der Waals surface area contributed by atoms with E-state index >= 15 is 0 Å². The largest absolute Gasteiger partial charge is 0.399 e. The van der Waals surface area contributed by atoms with E-state index in [9.17, 15) is 0 Å². The number of aromatic nitrogens is 1. The molecule has 0 unspecified atom stereocenters. The molecule has 0 aliphatic rings. The minimum absolute atomic E-state index is 0.764. The maximum atomic E-state index is 5.82. The lowest BCUT2D eigenvalue weighted by Gasteiger charge is -2.08. The predicted molar refractivity (Wildman–Crippen MR) is 81.4 cm³/mol. The van der Waals surface area contributed by atoms with Gasteiger partial charge in [-0.1, -0.05) is 46.9 Å². The van der Waals surface area contributed by atoms with Crippen molar-refractivity contribution in [1.29, 1.82) is 0 Å². The van der Waals surface area contributed by atoms with Crippen LogP contribution in [-0.2, 0) is 4.43 Å². The van der Waals surface area contributed by atoms with Crippen molar-refractivity contribution in [3.8, 4) is 0 Å². The van der Waals surface area contributed by atoms with E-state index in [1.54, 1.807) is 0 Å². The van der Waals surface area contributed by atoms with E-state index in [1.165, 1.54) is 16.3 Å². The molecule has 1 heterocycles. The lowest BCUT2D eigenvalue weighted by molar-refractivity contribution is 1.45. The van der Waals surface area contributed by atoms with Gasteiger partial charge in [0.1, 0.15) is 0 Å². The number of nitrogen functional groups attached to an aromatic ring is 1. The summed E-state index contributed by atoms with van der Waals surface area (Å²) in [4.78, 5) is 4.66. The maximum Gasteiger partial charge on any atom is 0.0733 e. The molecule has 1 aromatic heterocycles. The fourth-order valence-corrected chi connectivity index (χ4v) is 2.96. The summed E-state index contributed by atoms with van der Waals surface area (Å²) in [5.74, 6) is 0.